The second-order valence-electron chi connectivity index (χ2n) is 4.57. The molecule has 0 bridgehead atoms. The van der Waals surface area contributed by atoms with Gasteiger partial charge < -0.3 is 10.6 Å². The molecule has 1 aliphatic carbocycles. The Morgan fingerprint density at radius 3 is 2.39 bits per heavy atom. The molecule has 5 heteroatoms. The predicted molar refractivity (Wildman–Crippen MR) is 65.6 cm³/mol. The summed E-state index contributed by atoms with van der Waals surface area (Å²) >= 11 is 0. The second-order valence-corrected chi connectivity index (χ2v) is 4.57. The Labute approximate surface area is 105 Å². The van der Waals surface area contributed by atoms with E-state index < -0.39 is 17.5 Å². The second kappa shape index (κ2) is 5.33. The van der Waals surface area contributed by atoms with Crippen molar-refractivity contribution in [1.29, 1.82) is 0 Å². The van der Waals surface area contributed by atoms with Gasteiger partial charge in [0.1, 0.15) is 17.3 Å². The van der Waals surface area contributed by atoms with Gasteiger partial charge in [0.25, 0.3) is 5.91 Å². The van der Waals surface area contributed by atoms with Gasteiger partial charge in [-0.05, 0) is 30.9 Å². The normalized spacial score (nSPS) is 15.1. The van der Waals surface area contributed by atoms with Gasteiger partial charge in [0.15, 0.2) is 0 Å². The minimum Gasteiger partial charge on any atom is -0.383 e. The number of rotatable bonds is 4. The molecule has 0 aliphatic heterocycles. The van der Waals surface area contributed by atoms with E-state index in [0.717, 1.165) is 25.0 Å². The number of carbonyl (C=O) groups is 1. The number of anilines is 1. The van der Waals surface area contributed by atoms with E-state index in [1.165, 1.54) is 13.5 Å². The van der Waals surface area contributed by atoms with Crippen molar-refractivity contribution < 1.29 is 13.6 Å². The summed E-state index contributed by atoms with van der Waals surface area (Å²) in [5.74, 6) is -1.43. The third-order valence-electron chi connectivity index (χ3n) is 3.33. The molecule has 2 N–H and O–H groups in total. The van der Waals surface area contributed by atoms with Crippen LogP contribution in [0.2, 0.25) is 0 Å². The molecular formula is C13H16F2N2O. The van der Waals surface area contributed by atoms with Crippen LogP contribution in [0.15, 0.2) is 12.1 Å². The van der Waals surface area contributed by atoms with Gasteiger partial charge in [0.05, 0.1) is 0 Å². The Kier molecular flexibility index (Phi) is 3.79. The van der Waals surface area contributed by atoms with E-state index in [0.29, 0.717) is 12.5 Å². The Morgan fingerprint density at radius 2 is 1.94 bits per heavy atom. The van der Waals surface area contributed by atoms with E-state index in [9.17, 15) is 13.6 Å². The molecule has 2 rings (SSSR count). The number of benzene rings is 1. The molecule has 1 amide bonds. The van der Waals surface area contributed by atoms with Crippen LogP contribution in [0.1, 0.15) is 29.6 Å². The molecule has 1 aliphatic rings. The Morgan fingerprint density at radius 1 is 1.33 bits per heavy atom. The van der Waals surface area contributed by atoms with Gasteiger partial charge in [-0.15, -0.1) is 0 Å². The SMILES string of the molecule is CNc1c(F)cc(C(=O)NCC2CCC2)cc1F. The summed E-state index contributed by atoms with van der Waals surface area (Å²) in [6, 6.07) is 2.09. The fraction of sp³-hybridized carbons (Fsp3) is 0.462. The van der Waals surface area contributed by atoms with Crippen LogP contribution in [0, 0.1) is 17.6 Å². The fourth-order valence-corrected chi connectivity index (χ4v) is 1.98. The quantitative estimate of drug-likeness (QED) is 0.867. The van der Waals surface area contributed by atoms with Crippen molar-refractivity contribution >= 4 is 11.6 Å². The van der Waals surface area contributed by atoms with Crippen LogP contribution >= 0.6 is 0 Å². The monoisotopic (exact) mass is 254 g/mol. The zero-order valence-electron chi connectivity index (χ0n) is 10.2. The van der Waals surface area contributed by atoms with Crippen molar-refractivity contribution in [2.45, 2.75) is 19.3 Å². The molecule has 0 aromatic heterocycles. The van der Waals surface area contributed by atoms with Gasteiger partial charge in [0.2, 0.25) is 0 Å². The number of hydrogen-bond acceptors (Lipinski definition) is 2. The lowest BCUT2D eigenvalue weighted by molar-refractivity contribution is 0.0938. The standard InChI is InChI=1S/C13H16F2N2O/c1-16-12-10(14)5-9(6-11(12)15)13(18)17-7-8-3-2-4-8/h5-6,8,16H,2-4,7H2,1H3,(H,17,18). The lowest BCUT2D eigenvalue weighted by Gasteiger charge is -2.25. The average Bonchev–Trinajstić information content (AvgIpc) is 2.26. The van der Waals surface area contributed by atoms with Crippen LogP contribution < -0.4 is 10.6 Å². The maximum atomic E-state index is 13.5. The van der Waals surface area contributed by atoms with Crippen LogP contribution in [0.3, 0.4) is 0 Å². The molecule has 3 nitrogen and oxygen atoms in total. The molecular weight excluding hydrogens is 238 g/mol. The smallest absolute Gasteiger partial charge is 0.251 e. The summed E-state index contributed by atoms with van der Waals surface area (Å²) in [6.07, 6.45) is 3.42. The fourth-order valence-electron chi connectivity index (χ4n) is 1.98. The molecule has 98 valence electrons. The summed E-state index contributed by atoms with van der Waals surface area (Å²) in [7, 11) is 1.43. The minimum atomic E-state index is -0.758. The molecule has 0 atom stereocenters. The third-order valence-corrected chi connectivity index (χ3v) is 3.33. The molecule has 1 aromatic carbocycles. The van der Waals surface area contributed by atoms with Crippen LogP contribution in [-0.2, 0) is 0 Å². The molecule has 18 heavy (non-hydrogen) atoms. The van der Waals surface area contributed by atoms with E-state index in [-0.39, 0.29) is 11.3 Å². The zero-order valence-corrected chi connectivity index (χ0v) is 10.2. The van der Waals surface area contributed by atoms with Gasteiger partial charge in [-0.1, -0.05) is 6.42 Å². The van der Waals surface area contributed by atoms with E-state index in [1.54, 1.807) is 0 Å². The highest BCUT2D eigenvalue weighted by molar-refractivity contribution is 5.94. The number of hydrogen-bond donors (Lipinski definition) is 2. The summed E-state index contributed by atoms with van der Waals surface area (Å²) < 4.78 is 26.9. The third kappa shape index (κ3) is 2.60. The number of nitrogens with one attached hydrogen (secondary N) is 2. The summed E-state index contributed by atoms with van der Waals surface area (Å²) in [5.41, 5.74) is -0.200. The summed E-state index contributed by atoms with van der Waals surface area (Å²) in [5, 5.41) is 5.12. The van der Waals surface area contributed by atoms with Gasteiger partial charge in [0, 0.05) is 19.2 Å². The molecule has 0 unspecified atom stereocenters. The van der Waals surface area contributed by atoms with E-state index in [4.69, 9.17) is 0 Å². The van der Waals surface area contributed by atoms with Crippen molar-refractivity contribution in [3.05, 3.63) is 29.3 Å². The maximum absolute atomic E-state index is 13.5. The average molecular weight is 254 g/mol. The first-order valence-corrected chi connectivity index (χ1v) is 6.07. The van der Waals surface area contributed by atoms with Crippen LogP contribution in [-0.4, -0.2) is 19.5 Å². The number of carbonyl (C=O) groups excluding carboxylic acids is 1. The predicted octanol–water partition coefficient (Wildman–Crippen LogP) is 2.54. The molecule has 1 fully saturated rings. The summed E-state index contributed by atoms with van der Waals surface area (Å²) in [6.45, 7) is 0.579. The van der Waals surface area contributed by atoms with Crippen LogP contribution in [0.5, 0.6) is 0 Å². The van der Waals surface area contributed by atoms with Crippen molar-refractivity contribution in [1.82, 2.24) is 5.32 Å². The molecule has 0 saturated heterocycles. The Hall–Kier alpha value is -1.65. The Balaban J connectivity index is 2.05. The molecule has 1 saturated carbocycles. The van der Waals surface area contributed by atoms with Crippen molar-refractivity contribution in [3.63, 3.8) is 0 Å². The van der Waals surface area contributed by atoms with Crippen molar-refractivity contribution in [3.8, 4) is 0 Å². The lowest BCUT2D eigenvalue weighted by atomic mass is 9.85. The summed E-state index contributed by atoms with van der Waals surface area (Å²) in [4.78, 5) is 11.7. The Bertz CT molecular complexity index is 435. The largest absolute Gasteiger partial charge is 0.383 e. The minimum absolute atomic E-state index is 0.0170. The first-order valence-electron chi connectivity index (χ1n) is 6.07. The van der Waals surface area contributed by atoms with Gasteiger partial charge in [-0.3, -0.25) is 4.79 Å². The highest BCUT2D eigenvalue weighted by atomic mass is 19.1. The number of amides is 1. The first kappa shape index (κ1) is 12.8. The van der Waals surface area contributed by atoms with Crippen molar-refractivity contribution in [2.75, 3.05) is 18.9 Å². The van der Waals surface area contributed by atoms with Crippen LogP contribution in [0.4, 0.5) is 14.5 Å². The van der Waals surface area contributed by atoms with E-state index in [1.807, 2.05) is 0 Å². The molecule has 0 radical (unpaired) electrons. The van der Waals surface area contributed by atoms with Gasteiger partial charge in [-0.25, -0.2) is 8.78 Å². The van der Waals surface area contributed by atoms with Crippen molar-refractivity contribution in [2.24, 2.45) is 5.92 Å². The first-order chi connectivity index (χ1) is 8.61. The zero-order chi connectivity index (χ0) is 13.1. The maximum Gasteiger partial charge on any atom is 0.251 e. The van der Waals surface area contributed by atoms with E-state index in [2.05, 4.69) is 10.6 Å². The number of halogens is 2. The highest BCUT2D eigenvalue weighted by Gasteiger charge is 2.19. The van der Waals surface area contributed by atoms with Gasteiger partial charge >= 0.3 is 0 Å². The van der Waals surface area contributed by atoms with Crippen LogP contribution in [0.25, 0.3) is 0 Å². The highest BCUT2D eigenvalue weighted by Crippen LogP contribution is 2.25. The topological polar surface area (TPSA) is 41.1 Å². The molecule has 0 spiro atoms. The lowest BCUT2D eigenvalue weighted by Crippen LogP contribution is -2.32. The molecule has 0 heterocycles. The molecule has 1 aromatic rings. The van der Waals surface area contributed by atoms with E-state index >= 15 is 0 Å². The van der Waals surface area contributed by atoms with Gasteiger partial charge in [-0.2, -0.15) is 0 Å².